The summed E-state index contributed by atoms with van der Waals surface area (Å²) in [6, 6.07) is -0.739. The summed E-state index contributed by atoms with van der Waals surface area (Å²) in [7, 11) is 0. The number of hydrogen-bond acceptors (Lipinski definition) is 6. The highest BCUT2D eigenvalue weighted by atomic mass is 16.5. The first-order chi connectivity index (χ1) is 14.6. The number of hydrazine groups is 1. The van der Waals surface area contributed by atoms with Crippen LogP contribution >= 0.6 is 0 Å². The SMILES string of the molecule is CCC1(C)NC(=O)N(NC(=O)COC(=O)CNC(=O)C23CC4CC(CC(C4)C2)C3)C1=O. The van der Waals surface area contributed by atoms with Crippen molar-refractivity contribution in [2.24, 2.45) is 23.2 Å². The van der Waals surface area contributed by atoms with E-state index in [2.05, 4.69) is 16.1 Å². The lowest BCUT2D eigenvalue weighted by atomic mass is 9.49. The second-order valence-corrected chi connectivity index (χ2v) is 9.83. The lowest BCUT2D eigenvalue weighted by Gasteiger charge is -2.55. The van der Waals surface area contributed by atoms with Gasteiger partial charge in [0.25, 0.3) is 11.8 Å². The fraction of sp³-hybridized carbons (Fsp3) is 0.762. The molecule has 31 heavy (non-hydrogen) atoms. The highest BCUT2D eigenvalue weighted by Gasteiger charge is 2.54. The molecule has 0 aromatic carbocycles. The van der Waals surface area contributed by atoms with Gasteiger partial charge >= 0.3 is 12.0 Å². The van der Waals surface area contributed by atoms with E-state index in [-0.39, 0.29) is 17.9 Å². The number of ether oxygens (including phenoxy) is 1. The highest BCUT2D eigenvalue weighted by molar-refractivity contribution is 6.07. The monoisotopic (exact) mass is 434 g/mol. The van der Waals surface area contributed by atoms with Gasteiger partial charge in [0.1, 0.15) is 12.1 Å². The van der Waals surface area contributed by atoms with E-state index in [4.69, 9.17) is 4.74 Å². The first-order valence-corrected chi connectivity index (χ1v) is 11.0. The van der Waals surface area contributed by atoms with Gasteiger partial charge in [-0.15, -0.1) is 0 Å². The van der Waals surface area contributed by atoms with E-state index >= 15 is 0 Å². The molecule has 5 aliphatic rings. The molecular formula is C21H30N4O6. The predicted molar refractivity (Wildman–Crippen MR) is 107 cm³/mol. The van der Waals surface area contributed by atoms with Crippen molar-refractivity contribution in [1.29, 1.82) is 0 Å². The van der Waals surface area contributed by atoms with E-state index < -0.39 is 36.0 Å². The average Bonchev–Trinajstić information content (AvgIpc) is 2.93. The van der Waals surface area contributed by atoms with Gasteiger partial charge in [0.15, 0.2) is 6.61 Å². The van der Waals surface area contributed by atoms with Gasteiger partial charge in [0.05, 0.1) is 0 Å². The zero-order valence-electron chi connectivity index (χ0n) is 18.0. The topological polar surface area (TPSA) is 134 Å². The van der Waals surface area contributed by atoms with Crippen LogP contribution in [0.3, 0.4) is 0 Å². The summed E-state index contributed by atoms with van der Waals surface area (Å²) in [6.07, 6.45) is 6.71. The van der Waals surface area contributed by atoms with Crippen LogP contribution in [0, 0.1) is 23.2 Å². The van der Waals surface area contributed by atoms with Crippen molar-refractivity contribution in [3.8, 4) is 0 Å². The quantitative estimate of drug-likeness (QED) is 0.397. The Labute approximate surface area is 180 Å². The van der Waals surface area contributed by atoms with Crippen LogP contribution in [0.1, 0.15) is 58.8 Å². The van der Waals surface area contributed by atoms with Gasteiger partial charge in [0.2, 0.25) is 5.91 Å². The maximum absolute atomic E-state index is 12.8. The molecule has 10 heteroatoms. The zero-order chi connectivity index (χ0) is 22.4. The van der Waals surface area contributed by atoms with Crippen LogP contribution in [-0.4, -0.2) is 53.4 Å². The molecule has 0 aromatic heterocycles. The largest absolute Gasteiger partial charge is 0.454 e. The molecule has 0 radical (unpaired) electrons. The summed E-state index contributed by atoms with van der Waals surface area (Å²) in [5.74, 6) is -0.379. The first kappa shape index (κ1) is 21.6. The Morgan fingerprint density at radius 2 is 1.68 bits per heavy atom. The summed E-state index contributed by atoms with van der Waals surface area (Å²) in [5, 5.41) is 5.79. The second kappa shape index (κ2) is 7.80. The molecular weight excluding hydrogens is 404 g/mol. The van der Waals surface area contributed by atoms with Crippen LogP contribution in [0.15, 0.2) is 0 Å². The Kier molecular flexibility index (Phi) is 5.43. The Morgan fingerprint density at radius 3 is 2.19 bits per heavy atom. The molecule has 1 atom stereocenters. The van der Waals surface area contributed by atoms with Crippen LogP contribution in [0.5, 0.6) is 0 Å². The molecule has 4 bridgehead atoms. The maximum atomic E-state index is 12.8. The summed E-state index contributed by atoms with van der Waals surface area (Å²) in [4.78, 5) is 61.0. The minimum atomic E-state index is -1.08. The van der Waals surface area contributed by atoms with Crippen LogP contribution < -0.4 is 16.1 Å². The second-order valence-electron chi connectivity index (χ2n) is 9.83. The summed E-state index contributed by atoms with van der Waals surface area (Å²) < 4.78 is 4.90. The molecule has 4 aliphatic carbocycles. The number of amides is 5. The third-order valence-corrected chi connectivity index (χ3v) is 7.48. The van der Waals surface area contributed by atoms with Gasteiger partial charge in [-0.1, -0.05) is 6.92 Å². The number of carbonyl (C=O) groups excluding carboxylic acids is 5. The molecule has 1 aliphatic heterocycles. The minimum Gasteiger partial charge on any atom is -0.454 e. The molecule has 5 amide bonds. The Hall–Kier alpha value is -2.65. The molecule has 5 rings (SSSR count). The number of nitrogens with one attached hydrogen (secondary N) is 3. The lowest BCUT2D eigenvalue weighted by molar-refractivity contribution is -0.153. The van der Waals surface area contributed by atoms with E-state index in [1.54, 1.807) is 13.8 Å². The lowest BCUT2D eigenvalue weighted by Crippen LogP contribution is -2.54. The Balaban J connectivity index is 1.21. The molecule has 4 saturated carbocycles. The van der Waals surface area contributed by atoms with E-state index in [1.165, 1.54) is 19.3 Å². The first-order valence-electron chi connectivity index (χ1n) is 11.0. The fourth-order valence-electron chi connectivity index (χ4n) is 6.11. The standard InChI is InChI=1S/C21H30N4O6/c1-3-20(2)18(29)25(19(30)23-20)24-15(26)11-31-16(27)10-22-17(28)21-7-12-4-13(8-21)6-14(5-12)9-21/h12-14H,3-11H2,1-2H3,(H,22,28)(H,23,30)(H,24,26). The van der Waals surface area contributed by atoms with Crippen molar-refractivity contribution in [3.05, 3.63) is 0 Å². The molecule has 10 nitrogen and oxygen atoms in total. The molecule has 5 fully saturated rings. The molecule has 1 unspecified atom stereocenters. The number of carbonyl (C=O) groups is 5. The molecule has 1 heterocycles. The van der Waals surface area contributed by atoms with Gasteiger partial charge in [0, 0.05) is 5.41 Å². The van der Waals surface area contributed by atoms with Gasteiger partial charge in [-0.05, 0) is 69.6 Å². The van der Waals surface area contributed by atoms with Crippen molar-refractivity contribution < 1.29 is 28.7 Å². The van der Waals surface area contributed by atoms with Gasteiger partial charge in [-0.25, -0.2) is 4.79 Å². The van der Waals surface area contributed by atoms with Crippen molar-refractivity contribution in [1.82, 2.24) is 21.1 Å². The highest BCUT2D eigenvalue weighted by Crippen LogP contribution is 2.60. The molecule has 1 saturated heterocycles. The van der Waals surface area contributed by atoms with Gasteiger partial charge in [-0.3, -0.25) is 24.6 Å². The van der Waals surface area contributed by atoms with E-state index in [0.29, 0.717) is 29.2 Å². The number of esters is 1. The number of rotatable bonds is 7. The summed E-state index contributed by atoms with van der Waals surface area (Å²) in [5.41, 5.74) is 0.705. The fourth-order valence-corrected chi connectivity index (χ4v) is 6.11. The van der Waals surface area contributed by atoms with E-state index in [1.807, 2.05) is 0 Å². The summed E-state index contributed by atoms with van der Waals surface area (Å²) in [6.45, 7) is 2.33. The van der Waals surface area contributed by atoms with Crippen LogP contribution in [0.25, 0.3) is 0 Å². The number of imide groups is 1. The van der Waals surface area contributed by atoms with Crippen molar-refractivity contribution >= 4 is 29.7 Å². The zero-order valence-corrected chi connectivity index (χ0v) is 18.0. The maximum Gasteiger partial charge on any atom is 0.344 e. The third kappa shape index (κ3) is 3.99. The van der Waals surface area contributed by atoms with E-state index in [0.717, 1.165) is 19.3 Å². The van der Waals surface area contributed by atoms with Crippen LogP contribution in [0.4, 0.5) is 4.79 Å². The van der Waals surface area contributed by atoms with Crippen LogP contribution in [-0.2, 0) is 23.9 Å². The van der Waals surface area contributed by atoms with E-state index in [9.17, 15) is 24.0 Å². The molecule has 3 N–H and O–H groups in total. The number of hydrogen-bond donors (Lipinski definition) is 3. The predicted octanol–water partition coefficient (Wildman–Crippen LogP) is 0.614. The van der Waals surface area contributed by atoms with Crippen molar-refractivity contribution in [2.45, 2.75) is 64.3 Å². The summed E-state index contributed by atoms with van der Waals surface area (Å²) >= 11 is 0. The smallest absolute Gasteiger partial charge is 0.344 e. The molecule has 170 valence electrons. The normalized spacial score (nSPS) is 35.7. The van der Waals surface area contributed by atoms with Crippen molar-refractivity contribution in [2.75, 3.05) is 13.2 Å². The third-order valence-electron chi connectivity index (χ3n) is 7.48. The molecule has 0 spiro atoms. The van der Waals surface area contributed by atoms with Crippen LogP contribution in [0.2, 0.25) is 0 Å². The minimum absolute atomic E-state index is 0.0915. The Bertz CT molecular complexity index is 791. The number of nitrogens with zero attached hydrogens (tertiary/aromatic N) is 1. The van der Waals surface area contributed by atoms with Crippen molar-refractivity contribution in [3.63, 3.8) is 0 Å². The molecule has 0 aromatic rings. The van der Waals surface area contributed by atoms with Gasteiger partial charge < -0.3 is 15.4 Å². The average molecular weight is 434 g/mol. The Morgan fingerprint density at radius 1 is 1.10 bits per heavy atom. The van der Waals surface area contributed by atoms with Gasteiger partial charge in [-0.2, -0.15) is 5.01 Å². The number of urea groups is 1.